The molecule has 0 bridgehead atoms. The highest BCUT2D eigenvalue weighted by Crippen LogP contribution is 2.44. The summed E-state index contributed by atoms with van der Waals surface area (Å²) in [4.78, 5) is 31.4. The van der Waals surface area contributed by atoms with Crippen molar-refractivity contribution >= 4 is 22.5 Å². The third-order valence-corrected chi connectivity index (χ3v) is 9.19. The minimum atomic E-state index is -4.67. The fourth-order valence-corrected chi connectivity index (χ4v) is 7.23. The molecule has 1 aromatic heterocycles. The summed E-state index contributed by atoms with van der Waals surface area (Å²) in [5, 5.41) is 7.18. The molecule has 10 heteroatoms. The third kappa shape index (κ3) is 7.52. The second kappa shape index (κ2) is 11.9. The van der Waals surface area contributed by atoms with Gasteiger partial charge in [-0.25, -0.2) is 0 Å². The van der Waals surface area contributed by atoms with Crippen LogP contribution in [-0.2, 0) is 14.5 Å². The number of para-hydroxylation sites is 1. The first-order valence-corrected chi connectivity index (χ1v) is 15.4. The lowest BCUT2D eigenvalue weighted by Crippen LogP contribution is -2.61. The quantitative estimate of drug-likeness (QED) is 0.312. The number of nitrogens with one attached hydrogen (secondary N) is 1. The van der Waals surface area contributed by atoms with Crippen LogP contribution in [0, 0.1) is 5.41 Å². The monoisotopic (exact) mass is 606 g/mol. The zero-order valence-electron chi connectivity index (χ0n) is 27.0. The summed E-state index contributed by atoms with van der Waals surface area (Å²) in [5.41, 5.74) is -2.98. The van der Waals surface area contributed by atoms with Gasteiger partial charge in [-0.15, -0.1) is 0 Å². The molecule has 240 valence electrons. The molecule has 43 heavy (non-hydrogen) atoms. The summed E-state index contributed by atoms with van der Waals surface area (Å²) in [6, 6.07) is 8.85. The van der Waals surface area contributed by atoms with Gasteiger partial charge in [0.05, 0.1) is 30.8 Å². The molecule has 0 radical (unpaired) electrons. The van der Waals surface area contributed by atoms with E-state index in [9.17, 15) is 18.0 Å². The maximum atomic E-state index is 14.5. The first kappa shape index (κ1) is 33.6. The molecule has 2 fully saturated rings. The SMILES string of the molecule is CC1(C)CCCC(C)(C)N1OCC(CON1C(C)(C)CCCC1(C)C)(CC(F)(F)F)C(=O)Nc1cccc2cccnc12. The van der Waals surface area contributed by atoms with Crippen molar-refractivity contribution in [3.63, 3.8) is 0 Å². The Morgan fingerprint density at radius 1 is 0.814 bits per heavy atom. The number of aromatic nitrogens is 1. The van der Waals surface area contributed by atoms with Gasteiger partial charge in [-0.05, 0) is 106 Å². The lowest BCUT2D eigenvalue weighted by atomic mass is 9.81. The van der Waals surface area contributed by atoms with E-state index in [2.05, 4.69) is 10.3 Å². The van der Waals surface area contributed by atoms with Gasteiger partial charge in [0.2, 0.25) is 5.91 Å². The van der Waals surface area contributed by atoms with Gasteiger partial charge >= 0.3 is 6.18 Å². The van der Waals surface area contributed by atoms with Crippen molar-refractivity contribution in [1.82, 2.24) is 15.1 Å². The molecule has 0 spiro atoms. The number of hydrogen-bond acceptors (Lipinski definition) is 6. The van der Waals surface area contributed by atoms with Crippen molar-refractivity contribution in [3.05, 3.63) is 36.5 Å². The van der Waals surface area contributed by atoms with E-state index in [1.54, 1.807) is 34.5 Å². The van der Waals surface area contributed by atoms with Crippen molar-refractivity contribution < 1.29 is 27.6 Å². The number of hydroxylamine groups is 4. The van der Waals surface area contributed by atoms with Gasteiger partial charge in [-0.1, -0.05) is 18.2 Å². The van der Waals surface area contributed by atoms with E-state index in [0.717, 1.165) is 43.9 Å². The average molecular weight is 607 g/mol. The van der Waals surface area contributed by atoms with Crippen LogP contribution in [0.2, 0.25) is 0 Å². The number of fused-ring (bicyclic) bond motifs is 1. The first-order valence-electron chi connectivity index (χ1n) is 15.4. The van der Waals surface area contributed by atoms with E-state index in [0.29, 0.717) is 11.2 Å². The van der Waals surface area contributed by atoms with E-state index in [4.69, 9.17) is 9.68 Å². The van der Waals surface area contributed by atoms with Crippen LogP contribution in [-0.4, -0.2) is 62.6 Å². The maximum absolute atomic E-state index is 14.5. The smallest absolute Gasteiger partial charge is 0.324 e. The minimum absolute atomic E-state index is 0.340. The van der Waals surface area contributed by atoms with Crippen molar-refractivity contribution in [2.75, 3.05) is 18.5 Å². The van der Waals surface area contributed by atoms with Crippen LogP contribution in [0.4, 0.5) is 18.9 Å². The molecule has 0 aliphatic carbocycles. The van der Waals surface area contributed by atoms with E-state index in [-0.39, 0.29) is 0 Å². The number of piperidine rings is 2. The number of anilines is 1. The Hall–Kier alpha value is -2.27. The van der Waals surface area contributed by atoms with Crippen molar-refractivity contribution in [3.8, 4) is 0 Å². The largest absolute Gasteiger partial charge is 0.390 e. The standard InChI is InChI=1S/C33H49F3N4O3/c1-28(2)16-11-17-29(3,4)39(28)42-22-32(21-33(34,35)36,23-43-40-30(5,6)18-12-19-31(40,7)8)27(41)38-25-15-9-13-24-14-10-20-37-26(24)25/h9-10,13-15,20H,11-12,16-19,21-23H2,1-8H3,(H,38,41). The number of halogens is 3. The molecule has 2 aliphatic heterocycles. The summed E-state index contributed by atoms with van der Waals surface area (Å²) in [5.74, 6) is -0.816. The van der Waals surface area contributed by atoms with Gasteiger partial charge < -0.3 is 5.32 Å². The van der Waals surface area contributed by atoms with Crippen LogP contribution in [0.25, 0.3) is 10.9 Å². The first-order chi connectivity index (χ1) is 19.8. The molecule has 4 rings (SSSR count). The Kier molecular flexibility index (Phi) is 9.31. The Morgan fingerprint density at radius 2 is 1.28 bits per heavy atom. The predicted octanol–water partition coefficient (Wildman–Crippen LogP) is 8.06. The van der Waals surface area contributed by atoms with Crippen LogP contribution in [0.5, 0.6) is 0 Å². The third-order valence-electron chi connectivity index (χ3n) is 9.19. The van der Waals surface area contributed by atoms with E-state index >= 15 is 0 Å². The molecule has 7 nitrogen and oxygen atoms in total. The minimum Gasteiger partial charge on any atom is -0.324 e. The highest BCUT2D eigenvalue weighted by Gasteiger charge is 2.53. The van der Waals surface area contributed by atoms with Gasteiger partial charge in [0.1, 0.15) is 5.41 Å². The molecule has 2 aliphatic rings. The second-order valence-corrected chi connectivity index (χ2v) is 15.0. The van der Waals surface area contributed by atoms with E-state index < -0.39 is 59.3 Å². The maximum Gasteiger partial charge on any atom is 0.390 e. The molecule has 0 unspecified atom stereocenters. The average Bonchev–Trinajstić information content (AvgIpc) is 2.85. The summed E-state index contributed by atoms with van der Waals surface area (Å²) < 4.78 is 43.5. The molecule has 3 heterocycles. The number of benzene rings is 1. The van der Waals surface area contributed by atoms with E-state index in [1.165, 1.54) is 0 Å². The van der Waals surface area contributed by atoms with Gasteiger partial charge in [0, 0.05) is 33.7 Å². The van der Waals surface area contributed by atoms with E-state index in [1.807, 2.05) is 67.5 Å². The topological polar surface area (TPSA) is 66.9 Å². The molecule has 1 N–H and O–H groups in total. The normalized spacial score (nSPS) is 22.4. The fraction of sp³-hybridized carbons (Fsp3) is 0.697. The summed E-state index contributed by atoms with van der Waals surface area (Å²) in [6.45, 7) is 15.2. The van der Waals surface area contributed by atoms with Crippen molar-refractivity contribution in [2.24, 2.45) is 5.41 Å². The molecular weight excluding hydrogens is 557 g/mol. The fourth-order valence-electron chi connectivity index (χ4n) is 7.23. The van der Waals surface area contributed by atoms with Crippen LogP contribution < -0.4 is 5.32 Å². The number of carbonyl (C=O) groups is 1. The Morgan fingerprint density at radius 3 is 1.74 bits per heavy atom. The van der Waals surface area contributed by atoms with Crippen LogP contribution in [0.15, 0.2) is 36.5 Å². The van der Waals surface area contributed by atoms with Gasteiger partial charge in [-0.3, -0.25) is 19.5 Å². The highest BCUT2D eigenvalue weighted by molar-refractivity contribution is 6.02. The van der Waals surface area contributed by atoms with Crippen LogP contribution in [0.1, 0.15) is 100 Å². The van der Waals surface area contributed by atoms with Crippen molar-refractivity contribution in [2.45, 2.75) is 129 Å². The molecule has 0 saturated carbocycles. The molecule has 1 aromatic carbocycles. The summed E-state index contributed by atoms with van der Waals surface area (Å²) in [6.07, 6.45) is 0.760. The lowest BCUT2D eigenvalue weighted by molar-refractivity contribution is -0.321. The van der Waals surface area contributed by atoms with Gasteiger partial charge in [0.25, 0.3) is 0 Å². The van der Waals surface area contributed by atoms with Crippen LogP contribution in [0.3, 0.4) is 0 Å². The second-order valence-electron chi connectivity index (χ2n) is 15.0. The lowest BCUT2D eigenvalue weighted by Gasteiger charge is -2.53. The Bertz CT molecular complexity index is 1210. The Labute approximate surface area is 254 Å². The van der Waals surface area contributed by atoms with Crippen LogP contribution >= 0.6 is 0 Å². The molecule has 2 aromatic rings. The van der Waals surface area contributed by atoms with Gasteiger partial charge in [0.15, 0.2) is 0 Å². The zero-order valence-corrected chi connectivity index (χ0v) is 27.0. The zero-order chi connectivity index (χ0) is 31.9. The molecule has 1 amide bonds. The number of hydrogen-bond donors (Lipinski definition) is 1. The Balaban J connectivity index is 1.75. The molecule has 2 saturated heterocycles. The predicted molar refractivity (Wildman–Crippen MR) is 163 cm³/mol. The van der Waals surface area contributed by atoms with Crippen molar-refractivity contribution in [1.29, 1.82) is 0 Å². The number of amides is 1. The highest BCUT2D eigenvalue weighted by atomic mass is 19.4. The number of nitrogens with zero attached hydrogens (tertiary/aromatic N) is 3. The number of rotatable bonds is 9. The number of alkyl halides is 3. The number of carbonyl (C=O) groups excluding carboxylic acids is 1. The molecular formula is C33H49F3N4O3. The van der Waals surface area contributed by atoms with Gasteiger partial charge in [-0.2, -0.15) is 23.3 Å². The number of pyridine rings is 1. The summed E-state index contributed by atoms with van der Waals surface area (Å²) >= 11 is 0. The molecule has 0 atom stereocenters. The summed E-state index contributed by atoms with van der Waals surface area (Å²) in [7, 11) is 0.